The number of hydrogen-bond acceptors (Lipinski definition) is 4. The number of carbonyl (C=O) groups is 2. The minimum Gasteiger partial charge on any atom is -0.445 e. The molecule has 0 aromatic heterocycles. The summed E-state index contributed by atoms with van der Waals surface area (Å²) in [4.78, 5) is 25.9. The van der Waals surface area contributed by atoms with Gasteiger partial charge in [-0.05, 0) is 31.5 Å². The summed E-state index contributed by atoms with van der Waals surface area (Å²) in [5.41, 5.74) is 0.833. The topological polar surface area (TPSA) is 55.8 Å². The Morgan fingerprint density at radius 2 is 1.92 bits per heavy atom. The number of nitrogens with zero attached hydrogens (tertiary/aromatic N) is 1. The number of cyclic esters (lactones) is 1. The summed E-state index contributed by atoms with van der Waals surface area (Å²) in [7, 11) is 0. The summed E-state index contributed by atoms with van der Waals surface area (Å²) in [6, 6.07) is 5.10. The highest BCUT2D eigenvalue weighted by atomic mass is 35.5. The average molecular weight is 372 g/mol. The first kappa shape index (κ1) is 18.6. The first-order chi connectivity index (χ1) is 11.1. The van der Waals surface area contributed by atoms with E-state index in [9.17, 15) is 9.59 Å². The van der Waals surface area contributed by atoms with E-state index in [-0.39, 0.29) is 17.7 Å². The van der Waals surface area contributed by atoms with Crippen LogP contribution in [0.1, 0.15) is 33.3 Å². The molecule has 0 bridgehead atoms. The quantitative estimate of drug-likeness (QED) is 0.594. The van der Waals surface area contributed by atoms with Crippen LogP contribution >= 0.6 is 23.2 Å². The Kier molecular flexibility index (Phi) is 5.45. The first-order valence-corrected chi connectivity index (χ1v) is 8.23. The maximum absolute atomic E-state index is 12.6. The van der Waals surface area contributed by atoms with E-state index in [4.69, 9.17) is 32.7 Å². The lowest BCUT2D eigenvalue weighted by molar-refractivity contribution is -0.159. The van der Waals surface area contributed by atoms with Gasteiger partial charge in [0.15, 0.2) is 0 Å². The summed E-state index contributed by atoms with van der Waals surface area (Å²) in [5, 5.41) is 0.877. The fourth-order valence-electron chi connectivity index (χ4n) is 2.23. The summed E-state index contributed by atoms with van der Waals surface area (Å²) in [6.45, 7) is 7.30. The van der Waals surface area contributed by atoms with Crippen LogP contribution in [0.15, 0.2) is 30.0 Å². The van der Waals surface area contributed by atoms with Crippen LogP contribution in [0.5, 0.6) is 0 Å². The lowest BCUT2D eigenvalue weighted by atomic mass is 10.2. The zero-order valence-electron chi connectivity index (χ0n) is 13.9. The predicted octanol–water partition coefficient (Wildman–Crippen LogP) is 3.92. The van der Waals surface area contributed by atoms with Crippen LogP contribution < -0.4 is 0 Å². The standard InChI is InChI=1S/C17H19Cl2NO4/c1-10(2)20(9-11-5-6-12(18)13(19)7-11)15(21)8-14-16(22)24-17(3,4)23-14/h5-8,10H,9H2,1-4H3/b14-8-. The molecule has 1 heterocycles. The predicted molar refractivity (Wildman–Crippen MR) is 91.5 cm³/mol. The molecule has 0 unspecified atom stereocenters. The van der Waals surface area contributed by atoms with Gasteiger partial charge in [0.1, 0.15) is 0 Å². The molecule has 0 aliphatic carbocycles. The third kappa shape index (κ3) is 4.42. The largest absolute Gasteiger partial charge is 0.445 e. The summed E-state index contributed by atoms with van der Waals surface area (Å²) < 4.78 is 10.4. The van der Waals surface area contributed by atoms with Crippen LogP contribution in [-0.2, 0) is 25.6 Å². The number of amides is 1. The Morgan fingerprint density at radius 1 is 1.25 bits per heavy atom. The number of ether oxygens (including phenoxy) is 2. The van der Waals surface area contributed by atoms with E-state index >= 15 is 0 Å². The number of rotatable bonds is 4. The number of carbonyl (C=O) groups excluding carboxylic acids is 2. The molecule has 0 radical (unpaired) electrons. The number of halogens is 2. The first-order valence-electron chi connectivity index (χ1n) is 7.47. The highest BCUT2D eigenvalue weighted by Gasteiger charge is 2.38. The zero-order valence-corrected chi connectivity index (χ0v) is 15.4. The van der Waals surface area contributed by atoms with E-state index in [1.807, 2.05) is 13.8 Å². The summed E-state index contributed by atoms with van der Waals surface area (Å²) in [6.07, 6.45) is 1.16. The monoisotopic (exact) mass is 371 g/mol. The maximum atomic E-state index is 12.6. The Balaban J connectivity index is 2.19. The minimum absolute atomic E-state index is 0.0887. The zero-order chi connectivity index (χ0) is 18.1. The molecule has 0 spiro atoms. The number of esters is 1. The molecular formula is C17H19Cl2NO4. The second kappa shape index (κ2) is 7.03. The van der Waals surface area contributed by atoms with Crippen molar-refractivity contribution in [3.63, 3.8) is 0 Å². The van der Waals surface area contributed by atoms with E-state index in [1.54, 1.807) is 36.9 Å². The van der Waals surface area contributed by atoms with Gasteiger partial charge in [-0.3, -0.25) is 4.79 Å². The molecule has 1 saturated heterocycles. The van der Waals surface area contributed by atoms with Crippen molar-refractivity contribution in [2.45, 2.75) is 46.1 Å². The Hall–Kier alpha value is -1.72. The molecule has 24 heavy (non-hydrogen) atoms. The molecule has 1 aromatic rings. The van der Waals surface area contributed by atoms with Crippen molar-refractivity contribution in [3.05, 3.63) is 45.6 Å². The maximum Gasteiger partial charge on any atom is 0.377 e. The lowest BCUT2D eigenvalue weighted by Gasteiger charge is -2.26. The normalized spacial score (nSPS) is 17.8. The van der Waals surface area contributed by atoms with Crippen molar-refractivity contribution < 1.29 is 19.1 Å². The molecule has 1 aliphatic rings. The summed E-state index contributed by atoms with van der Waals surface area (Å²) >= 11 is 11.9. The fourth-order valence-corrected chi connectivity index (χ4v) is 2.55. The van der Waals surface area contributed by atoms with E-state index in [1.165, 1.54) is 0 Å². The lowest BCUT2D eigenvalue weighted by Crippen LogP contribution is -2.35. The summed E-state index contributed by atoms with van der Waals surface area (Å²) in [5.74, 6) is -2.15. The van der Waals surface area contributed by atoms with Crippen molar-refractivity contribution >= 4 is 35.1 Å². The van der Waals surface area contributed by atoms with E-state index in [0.29, 0.717) is 16.6 Å². The van der Waals surface area contributed by atoms with Gasteiger partial charge in [0.2, 0.25) is 11.5 Å². The molecule has 1 fully saturated rings. The molecule has 2 rings (SSSR count). The van der Waals surface area contributed by atoms with Gasteiger partial charge in [0.05, 0.1) is 16.1 Å². The molecular weight excluding hydrogens is 353 g/mol. The van der Waals surface area contributed by atoms with Crippen molar-refractivity contribution in [3.8, 4) is 0 Å². The molecule has 0 N–H and O–H groups in total. The molecule has 1 aliphatic heterocycles. The van der Waals surface area contributed by atoms with Gasteiger partial charge in [0, 0.05) is 26.4 Å². The van der Waals surface area contributed by atoms with Gasteiger partial charge in [-0.2, -0.15) is 0 Å². The van der Waals surface area contributed by atoms with Gasteiger partial charge in [0.25, 0.3) is 5.91 Å². The van der Waals surface area contributed by atoms with Crippen molar-refractivity contribution in [2.75, 3.05) is 0 Å². The van der Waals surface area contributed by atoms with Crippen LogP contribution in [0.4, 0.5) is 0 Å². The van der Waals surface area contributed by atoms with Crippen molar-refractivity contribution in [1.82, 2.24) is 4.90 Å². The highest BCUT2D eigenvalue weighted by molar-refractivity contribution is 6.42. The van der Waals surface area contributed by atoms with Gasteiger partial charge < -0.3 is 14.4 Å². The molecule has 5 nitrogen and oxygen atoms in total. The van der Waals surface area contributed by atoms with E-state index in [0.717, 1.165) is 11.6 Å². The van der Waals surface area contributed by atoms with Crippen molar-refractivity contribution in [1.29, 1.82) is 0 Å². The SMILES string of the molecule is CC(C)N(Cc1ccc(Cl)c(Cl)c1)C(=O)/C=C1\OC(C)(C)OC1=O. The molecule has 0 atom stereocenters. The third-order valence-corrected chi connectivity index (χ3v) is 4.13. The van der Waals surface area contributed by atoms with E-state index < -0.39 is 11.8 Å². The minimum atomic E-state index is -1.06. The average Bonchev–Trinajstić information content (AvgIpc) is 2.71. The van der Waals surface area contributed by atoms with Crippen LogP contribution in [0.3, 0.4) is 0 Å². The second-order valence-corrected chi connectivity index (χ2v) is 7.02. The Morgan fingerprint density at radius 3 is 2.42 bits per heavy atom. The van der Waals surface area contributed by atoms with Crippen LogP contribution in [0, 0.1) is 0 Å². The fraction of sp³-hybridized carbons (Fsp3) is 0.412. The van der Waals surface area contributed by atoms with Crippen LogP contribution in [0.2, 0.25) is 10.0 Å². The van der Waals surface area contributed by atoms with Gasteiger partial charge >= 0.3 is 5.97 Å². The Labute approximate surface area is 151 Å². The van der Waals surface area contributed by atoms with Crippen LogP contribution in [0.25, 0.3) is 0 Å². The molecule has 130 valence electrons. The van der Waals surface area contributed by atoms with Gasteiger partial charge in [-0.1, -0.05) is 29.3 Å². The van der Waals surface area contributed by atoms with Crippen LogP contribution in [-0.4, -0.2) is 28.6 Å². The third-order valence-electron chi connectivity index (χ3n) is 3.39. The molecule has 1 aromatic carbocycles. The second-order valence-electron chi connectivity index (χ2n) is 6.21. The number of hydrogen-bond donors (Lipinski definition) is 0. The van der Waals surface area contributed by atoms with Gasteiger partial charge in [-0.25, -0.2) is 4.79 Å². The highest BCUT2D eigenvalue weighted by Crippen LogP contribution is 2.27. The Bertz CT molecular complexity index is 698. The molecule has 1 amide bonds. The van der Waals surface area contributed by atoms with Crippen molar-refractivity contribution in [2.24, 2.45) is 0 Å². The molecule has 0 saturated carbocycles. The van der Waals surface area contributed by atoms with Gasteiger partial charge in [-0.15, -0.1) is 0 Å². The van der Waals surface area contributed by atoms with E-state index in [2.05, 4.69) is 0 Å². The molecule has 7 heteroatoms. The number of benzene rings is 1. The smallest absolute Gasteiger partial charge is 0.377 e.